The first kappa shape index (κ1) is 21.5. The number of benzene rings is 2. The number of carbonyl (C=O) groups excluding carboxylic acids is 1. The number of ether oxygens (including phenoxy) is 4. The van der Waals surface area contributed by atoms with Gasteiger partial charge in [-0.2, -0.15) is 0 Å². The maximum atomic E-state index is 11.8. The normalized spacial score (nSPS) is 26.8. The van der Waals surface area contributed by atoms with Crippen molar-refractivity contribution >= 4 is 5.91 Å². The Hall–Kier alpha value is -2.25. The lowest BCUT2D eigenvalue weighted by Crippen LogP contribution is -2.64. The van der Waals surface area contributed by atoms with Crippen molar-refractivity contribution in [3.8, 4) is 0 Å². The van der Waals surface area contributed by atoms with Gasteiger partial charge in [0.05, 0.1) is 19.3 Å². The van der Waals surface area contributed by atoms with Crippen LogP contribution < -0.4 is 5.32 Å². The van der Waals surface area contributed by atoms with Gasteiger partial charge in [0.25, 0.3) is 0 Å². The predicted molar refractivity (Wildman–Crippen MR) is 109 cm³/mol. The highest BCUT2D eigenvalue weighted by Crippen LogP contribution is 2.28. The molecule has 2 aromatic carbocycles. The Morgan fingerprint density at radius 2 is 1.45 bits per heavy atom. The van der Waals surface area contributed by atoms with Crippen LogP contribution in [0.1, 0.15) is 25.0 Å². The summed E-state index contributed by atoms with van der Waals surface area (Å²) in [5, 5.41) is 2.92. The minimum Gasteiger partial charge on any atom is -0.368 e. The van der Waals surface area contributed by atoms with Gasteiger partial charge in [0.1, 0.15) is 18.2 Å². The van der Waals surface area contributed by atoms with Crippen LogP contribution in [-0.4, -0.2) is 43.7 Å². The predicted octanol–water partition coefficient (Wildman–Crippen LogP) is 3.05. The molecule has 1 N–H and O–H groups in total. The van der Waals surface area contributed by atoms with Gasteiger partial charge >= 0.3 is 0 Å². The van der Waals surface area contributed by atoms with Crippen molar-refractivity contribution < 1.29 is 23.7 Å². The number of nitrogens with one attached hydrogen (secondary N) is 1. The lowest BCUT2D eigenvalue weighted by Gasteiger charge is -2.45. The summed E-state index contributed by atoms with van der Waals surface area (Å²) in [6.07, 6.45) is -1.70. The Kier molecular flexibility index (Phi) is 7.77. The lowest BCUT2D eigenvalue weighted by atomic mass is 9.96. The Morgan fingerprint density at radius 3 is 1.93 bits per heavy atom. The SMILES string of the molecule is CO[C@@H]1O[C@@H](C)C(OCc2ccccc2)C(OCc2ccccc2)C1NC(C)=O. The van der Waals surface area contributed by atoms with Gasteiger partial charge < -0.3 is 24.3 Å². The van der Waals surface area contributed by atoms with Gasteiger partial charge in [-0.15, -0.1) is 0 Å². The molecule has 1 aliphatic rings. The molecule has 6 nitrogen and oxygen atoms in total. The average Bonchev–Trinajstić information content (AvgIpc) is 2.73. The highest BCUT2D eigenvalue weighted by atomic mass is 16.7. The molecule has 0 spiro atoms. The molecule has 1 amide bonds. The van der Waals surface area contributed by atoms with E-state index in [0.29, 0.717) is 13.2 Å². The molecule has 6 heteroatoms. The van der Waals surface area contributed by atoms with E-state index < -0.39 is 18.4 Å². The van der Waals surface area contributed by atoms with Crippen molar-refractivity contribution in [3.05, 3.63) is 71.8 Å². The van der Waals surface area contributed by atoms with Crippen molar-refractivity contribution in [1.82, 2.24) is 5.32 Å². The highest BCUT2D eigenvalue weighted by molar-refractivity contribution is 5.73. The van der Waals surface area contributed by atoms with Gasteiger partial charge in [-0.1, -0.05) is 60.7 Å². The summed E-state index contributed by atoms with van der Waals surface area (Å²) in [6.45, 7) is 4.23. The second-order valence-electron chi connectivity index (χ2n) is 7.19. The fourth-order valence-corrected chi connectivity index (χ4v) is 3.55. The molecule has 0 radical (unpaired) electrons. The number of carbonyl (C=O) groups is 1. The van der Waals surface area contributed by atoms with E-state index in [1.165, 1.54) is 6.92 Å². The maximum Gasteiger partial charge on any atom is 0.217 e. The molecule has 1 aliphatic heterocycles. The minimum absolute atomic E-state index is 0.176. The van der Waals surface area contributed by atoms with E-state index in [0.717, 1.165) is 11.1 Å². The third-order valence-electron chi connectivity index (χ3n) is 4.96. The number of rotatable bonds is 8. The fourth-order valence-electron chi connectivity index (χ4n) is 3.55. The zero-order valence-corrected chi connectivity index (χ0v) is 17.1. The van der Waals surface area contributed by atoms with E-state index in [1.807, 2.05) is 67.6 Å². The third kappa shape index (κ3) is 5.87. The van der Waals surface area contributed by atoms with Crippen molar-refractivity contribution in [2.75, 3.05) is 7.11 Å². The first-order valence-corrected chi connectivity index (χ1v) is 9.85. The van der Waals surface area contributed by atoms with Crippen LogP contribution in [0.5, 0.6) is 0 Å². The molecule has 0 aromatic heterocycles. The van der Waals surface area contributed by atoms with Crippen LogP contribution in [0, 0.1) is 0 Å². The van der Waals surface area contributed by atoms with Gasteiger partial charge in [0.15, 0.2) is 6.29 Å². The van der Waals surface area contributed by atoms with Crippen LogP contribution in [0.25, 0.3) is 0 Å². The topological polar surface area (TPSA) is 66.0 Å². The Bertz CT molecular complexity index is 754. The maximum absolute atomic E-state index is 11.8. The number of hydrogen-bond donors (Lipinski definition) is 1. The molecular weight excluding hydrogens is 370 g/mol. The second-order valence-corrected chi connectivity index (χ2v) is 7.19. The summed E-state index contributed by atoms with van der Waals surface area (Å²) in [5.41, 5.74) is 2.11. The molecule has 2 aromatic rings. The van der Waals surface area contributed by atoms with Gasteiger partial charge in [-0.05, 0) is 18.1 Å². The fraction of sp³-hybridized carbons (Fsp3) is 0.435. The molecule has 156 valence electrons. The van der Waals surface area contributed by atoms with E-state index in [4.69, 9.17) is 18.9 Å². The molecule has 1 heterocycles. The number of amides is 1. The molecule has 1 saturated heterocycles. The van der Waals surface area contributed by atoms with Crippen LogP contribution in [-0.2, 0) is 37.0 Å². The lowest BCUT2D eigenvalue weighted by molar-refractivity contribution is -0.272. The molecule has 0 aliphatic carbocycles. The summed E-state index contributed by atoms with van der Waals surface area (Å²) in [5.74, 6) is -0.176. The largest absolute Gasteiger partial charge is 0.368 e. The molecule has 3 unspecified atom stereocenters. The third-order valence-corrected chi connectivity index (χ3v) is 4.96. The van der Waals surface area contributed by atoms with Crippen LogP contribution in [0.15, 0.2) is 60.7 Å². The molecule has 29 heavy (non-hydrogen) atoms. The standard InChI is InChI=1S/C23H29NO5/c1-16-21(27-14-18-10-6-4-7-11-18)22(28-15-19-12-8-5-9-13-19)20(24-17(2)25)23(26-3)29-16/h4-13,16,20-23H,14-15H2,1-3H3,(H,24,25)/t16-,20?,21?,22?,23+/m0/s1. The smallest absolute Gasteiger partial charge is 0.217 e. The van der Waals surface area contributed by atoms with Crippen LogP contribution in [0.4, 0.5) is 0 Å². The van der Waals surface area contributed by atoms with E-state index >= 15 is 0 Å². The van der Waals surface area contributed by atoms with E-state index in [9.17, 15) is 4.79 Å². The second kappa shape index (κ2) is 10.5. The summed E-state index contributed by atoms with van der Waals surface area (Å²) >= 11 is 0. The average molecular weight is 399 g/mol. The molecule has 3 rings (SSSR count). The summed E-state index contributed by atoms with van der Waals surface area (Å²) in [7, 11) is 1.56. The van der Waals surface area contributed by atoms with Crippen molar-refractivity contribution in [2.45, 2.75) is 57.7 Å². The van der Waals surface area contributed by atoms with Gasteiger partial charge in [0, 0.05) is 14.0 Å². The zero-order valence-electron chi connectivity index (χ0n) is 17.1. The minimum atomic E-state index is -0.619. The number of hydrogen-bond acceptors (Lipinski definition) is 5. The molecule has 5 atom stereocenters. The number of methoxy groups -OCH3 is 1. The van der Waals surface area contributed by atoms with E-state index in [2.05, 4.69) is 5.32 Å². The molecular formula is C23H29NO5. The van der Waals surface area contributed by atoms with Gasteiger partial charge in [-0.3, -0.25) is 4.79 Å². The monoisotopic (exact) mass is 399 g/mol. The Morgan fingerprint density at radius 1 is 0.931 bits per heavy atom. The van der Waals surface area contributed by atoms with E-state index in [-0.39, 0.29) is 18.1 Å². The molecule has 1 fully saturated rings. The van der Waals surface area contributed by atoms with Crippen molar-refractivity contribution in [3.63, 3.8) is 0 Å². The summed E-state index contributed by atoms with van der Waals surface area (Å²) in [6, 6.07) is 19.4. The van der Waals surface area contributed by atoms with Crippen LogP contribution in [0.2, 0.25) is 0 Å². The molecule has 0 bridgehead atoms. The Balaban J connectivity index is 1.79. The van der Waals surface area contributed by atoms with Gasteiger partial charge in [-0.25, -0.2) is 0 Å². The van der Waals surface area contributed by atoms with Crippen LogP contribution in [0.3, 0.4) is 0 Å². The molecule has 0 saturated carbocycles. The zero-order chi connectivity index (χ0) is 20.6. The van der Waals surface area contributed by atoms with Crippen LogP contribution >= 0.6 is 0 Å². The summed E-state index contributed by atoms with van der Waals surface area (Å²) in [4.78, 5) is 11.8. The quantitative estimate of drug-likeness (QED) is 0.739. The highest BCUT2D eigenvalue weighted by Gasteiger charge is 2.46. The van der Waals surface area contributed by atoms with Gasteiger partial charge in [0.2, 0.25) is 5.91 Å². The first-order valence-electron chi connectivity index (χ1n) is 9.85. The van der Waals surface area contributed by atoms with E-state index in [1.54, 1.807) is 7.11 Å². The van der Waals surface area contributed by atoms with Crippen molar-refractivity contribution in [1.29, 1.82) is 0 Å². The first-order chi connectivity index (χ1) is 14.1. The van der Waals surface area contributed by atoms with Crippen molar-refractivity contribution in [2.24, 2.45) is 0 Å². The Labute approximate surface area is 172 Å². The summed E-state index contributed by atoms with van der Waals surface area (Å²) < 4.78 is 24.0.